The van der Waals surface area contributed by atoms with Gasteiger partial charge in [0.1, 0.15) is 5.82 Å². The number of carbonyl (C=O) groups is 1. The van der Waals surface area contributed by atoms with Gasteiger partial charge >= 0.3 is 0 Å². The van der Waals surface area contributed by atoms with Crippen molar-refractivity contribution in [3.05, 3.63) is 71.0 Å². The lowest BCUT2D eigenvalue weighted by Crippen LogP contribution is -2.36. The first-order valence-electron chi connectivity index (χ1n) is 9.73. The fourth-order valence-electron chi connectivity index (χ4n) is 3.28. The first kappa shape index (κ1) is 19.9. The van der Waals surface area contributed by atoms with Gasteiger partial charge in [0.05, 0.1) is 0 Å². The zero-order chi connectivity index (χ0) is 19.8. The van der Waals surface area contributed by atoms with E-state index in [4.69, 9.17) is 0 Å². The highest BCUT2D eigenvalue weighted by Gasteiger charge is 2.17. The Morgan fingerprint density at radius 1 is 1.00 bits per heavy atom. The zero-order valence-electron chi connectivity index (χ0n) is 16.2. The van der Waals surface area contributed by atoms with E-state index in [9.17, 15) is 9.18 Å². The molecule has 1 fully saturated rings. The molecule has 1 aliphatic rings. The summed E-state index contributed by atoms with van der Waals surface area (Å²) in [7, 11) is 1.70. The number of nitrogens with zero attached hydrogens (tertiary/aromatic N) is 2. The van der Waals surface area contributed by atoms with Gasteiger partial charge in [0.15, 0.2) is 5.96 Å². The van der Waals surface area contributed by atoms with E-state index < -0.39 is 0 Å². The van der Waals surface area contributed by atoms with Crippen molar-refractivity contribution in [1.29, 1.82) is 0 Å². The molecule has 0 bridgehead atoms. The van der Waals surface area contributed by atoms with Crippen LogP contribution in [0.15, 0.2) is 53.5 Å². The van der Waals surface area contributed by atoms with Crippen molar-refractivity contribution in [1.82, 2.24) is 15.5 Å². The van der Waals surface area contributed by atoms with Gasteiger partial charge < -0.3 is 15.5 Å². The van der Waals surface area contributed by atoms with Crippen LogP contribution in [-0.2, 0) is 13.1 Å². The molecular formula is C22H27FN4O. The fraction of sp³-hybridized carbons (Fsp3) is 0.364. The van der Waals surface area contributed by atoms with Gasteiger partial charge in [0, 0.05) is 38.8 Å². The van der Waals surface area contributed by atoms with Crippen LogP contribution in [0.1, 0.15) is 40.7 Å². The highest BCUT2D eigenvalue weighted by atomic mass is 19.1. The molecule has 0 aromatic heterocycles. The third-order valence-corrected chi connectivity index (χ3v) is 4.88. The second-order valence-electron chi connectivity index (χ2n) is 6.96. The predicted octanol–water partition coefficient (Wildman–Crippen LogP) is 3.32. The molecule has 28 heavy (non-hydrogen) atoms. The smallest absolute Gasteiger partial charge is 0.253 e. The molecule has 3 rings (SSSR count). The van der Waals surface area contributed by atoms with Crippen molar-refractivity contribution < 1.29 is 9.18 Å². The molecule has 0 aliphatic carbocycles. The summed E-state index contributed by atoms with van der Waals surface area (Å²) in [5.74, 6) is 0.506. The Kier molecular flexibility index (Phi) is 7.00. The monoisotopic (exact) mass is 382 g/mol. The van der Waals surface area contributed by atoms with Gasteiger partial charge in [-0.2, -0.15) is 0 Å². The lowest BCUT2D eigenvalue weighted by atomic mass is 10.1. The van der Waals surface area contributed by atoms with E-state index in [1.807, 2.05) is 35.2 Å². The van der Waals surface area contributed by atoms with Gasteiger partial charge in [-0.1, -0.05) is 24.3 Å². The van der Waals surface area contributed by atoms with Gasteiger partial charge in [-0.05, 0) is 54.7 Å². The number of rotatable bonds is 5. The topological polar surface area (TPSA) is 56.7 Å². The predicted molar refractivity (Wildman–Crippen MR) is 110 cm³/mol. The number of amides is 1. The maximum absolute atomic E-state index is 13.3. The summed E-state index contributed by atoms with van der Waals surface area (Å²) < 4.78 is 13.3. The fourth-order valence-corrected chi connectivity index (χ4v) is 3.28. The Bertz CT molecular complexity index is 814. The maximum atomic E-state index is 13.3. The number of benzene rings is 2. The quantitative estimate of drug-likeness (QED) is 0.616. The Morgan fingerprint density at radius 2 is 1.68 bits per heavy atom. The second-order valence-corrected chi connectivity index (χ2v) is 6.96. The average Bonchev–Trinajstić information content (AvgIpc) is 2.74. The van der Waals surface area contributed by atoms with Crippen molar-refractivity contribution in [2.24, 2.45) is 4.99 Å². The minimum absolute atomic E-state index is 0.117. The number of carbonyl (C=O) groups excluding carboxylic acids is 1. The second kappa shape index (κ2) is 9.88. The molecule has 0 saturated carbocycles. The number of guanidine groups is 1. The summed E-state index contributed by atoms with van der Waals surface area (Å²) in [6, 6.07) is 14.2. The number of likely N-dealkylation sites (tertiary alicyclic amines) is 1. The van der Waals surface area contributed by atoms with E-state index in [1.54, 1.807) is 13.1 Å². The molecule has 6 heteroatoms. The molecule has 0 unspecified atom stereocenters. The van der Waals surface area contributed by atoms with Crippen LogP contribution in [0.3, 0.4) is 0 Å². The molecule has 0 spiro atoms. The molecule has 0 radical (unpaired) electrons. The van der Waals surface area contributed by atoms with Crippen LogP contribution in [0.5, 0.6) is 0 Å². The number of halogens is 1. The summed E-state index contributed by atoms with van der Waals surface area (Å²) in [4.78, 5) is 18.6. The van der Waals surface area contributed by atoms with E-state index >= 15 is 0 Å². The third kappa shape index (κ3) is 5.55. The van der Waals surface area contributed by atoms with Gasteiger partial charge in [-0.15, -0.1) is 0 Å². The number of piperidine rings is 1. The van der Waals surface area contributed by atoms with Crippen LogP contribution >= 0.6 is 0 Å². The minimum Gasteiger partial charge on any atom is -0.352 e. The van der Waals surface area contributed by atoms with Gasteiger partial charge in [0.2, 0.25) is 0 Å². The Labute approximate surface area is 165 Å². The Hall–Kier alpha value is -2.89. The van der Waals surface area contributed by atoms with Crippen LogP contribution in [0.25, 0.3) is 0 Å². The molecular weight excluding hydrogens is 355 g/mol. The highest BCUT2D eigenvalue weighted by molar-refractivity contribution is 5.94. The van der Waals surface area contributed by atoms with Crippen LogP contribution in [0, 0.1) is 5.82 Å². The molecule has 148 valence electrons. The summed E-state index contributed by atoms with van der Waals surface area (Å²) in [6.07, 6.45) is 3.40. The summed E-state index contributed by atoms with van der Waals surface area (Å²) in [6.45, 7) is 2.78. The molecule has 1 aliphatic heterocycles. The zero-order valence-corrected chi connectivity index (χ0v) is 16.2. The van der Waals surface area contributed by atoms with Gasteiger partial charge in [-0.3, -0.25) is 9.79 Å². The Balaban J connectivity index is 1.49. The van der Waals surface area contributed by atoms with Crippen molar-refractivity contribution in [2.45, 2.75) is 32.4 Å². The van der Waals surface area contributed by atoms with Crippen molar-refractivity contribution in [3.8, 4) is 0 Å². The van der Waals surface area contributed by atoms with Crippen molar-refractivity contribution in [3.63, 3.8) is 0 Å². The van der Waals surface area contributed by atoms with E-state index in [0.717, 1.165) is 42.6 Å². The summed E-state index contributed by atoms with van der Waals surface area (Å²) in [5, 5.41) is 6.40. The number of hydrogen-bond acceptors (Lipinski definition) is 2. The minimum atomic E-state index is -0.249. The molecule has 2 aromatic rings. The van der Waals surface area contributed by atoms with E-state index in [0.29, 0.717) is 19.0 Å². The molecule has 1 amide bonds. The van der Waals surface area contributed by atoms with Crippen molar-refractivity contribution in [2.75, 3.05) is 20.1 Å². The van der Waals surface area contributed by atoms with E-state index in [2.05, 4.69) is 15.6 Å². The molecule has 1 saturated heterocycles. The van der Waals surface area contributed by atoms with E-state index in [1.165, 1.54) is 18.6 Å². The average molecular weight is 382 g/mol. The molecule has 5 nitrogen and oxygen atoms in total. The highest BCUT2D eigenvalue weighted by Crippen LogP contribution is 2.14. The number of nitrogens with one attached hydrogen (secondary N) is 2. The Morgan fingerprint density at radius 3 is 2.32 bits per heavy atom. The van der Waals surface area contributed by atoms with Crippen molar-refractivity contribution >= 4 is 11.9 Å². The van der Waals surface area contributed by atoms with Gasteiger partial charge in [0.25, 0.3) is 5.91 Å². The maximum Gasteiger partial charge on any atom is 0.253 e. The standard InChI is InChI=1S/C22H27FN4O/c1-24-22(26-16-18-6-5-7-20(23)14-18)25-15-17-8-10-19(11-9-17)21(28)27-12-3-2-4-13-27/h5-11,14H,2-4,12-13,15-16H2,1H3,(H2,24,25,26). The molecule has 1 heterocycles. The summed E-state index contributed by atoms with van der Waals surface area (Å²) >= 11 is 0. The summed E-state index contributed by atoms with van der Waals surface area (Å²) in [5.41, 5.74) is 2.65. The first-order valence-corrected chi connectivity index (χ1v) is 9.73. The molecule has 2 N–H and O–H groups in total. The van der Waals surface area contributed by atoms with Crippen LogP contribution in [0.2, 0.25) is 0 Å². The first-order chi connectivity index (χ1) is 13.7. The van der Waals surface area contributed by atoms with Crippen LogP contribution in [0.4, 0.5) is 4.39 Å². The van der Waals surface area contributed by atoms with Crippen LogP contribution in [-0.4, -0.2) is 36.9 Å². The van der Waals surface area contributed by atoms with Crippen LogP contribution < -0.4 is 10.6 Å². The third-order valence-electron chi connectivity index (χ3n) is 4.88. The number of aliphatic imine (C=N–C) groups is 1. The molecule has 2 aromatic carbocycles. The normalized spacial score (nSPS) is 14.6. The van der Waals surface area contributed by atoms with E-state index in [-0.39, 0.29) is 11.7 Å². The largest absolute Gasteiger partial charge is 0.352 e. The number of hydrogen-bond donors (Lipinski definition) is 2. The lowest BCUT2D eigenvalue weighted by Gasteiger charge is -2.26. The lowest BCUT2D eigenvalue weighted by molar-refractivity contribution is 0.0724. The van der Waals surface area contributed by atoms with Gasteiger partial charge in [-0.25, -0.2) is 4.39 Å². The SMILES string of the molecule is CN=C(NCc1ccc(C(=O)N2CCCCC2)cc1)NCc1cccc(F)c1. The molecule has 0 atom stereocenters.